The highest BCUT2D eigenvalue weighted by molar-refractivity contribution is 5.80. The van der Waals surface area contributed by atoms with Crippen LogP contribution in [0.2, 0.25) is 0 Å². The van der Waals surface area contributed by atoms with E-state index in [1.807, 2.05) is 37.5 Å². The van der Waals surface area contributed by atoms with Crippen LogP contribution in [0.1, 0.15) is 23.9 Å². The van der Waals surface area contributed by atoms with Crippen LogP contribution < -0.4 is 10.2 Å². The number of hydrogen-bond acceptors (Lipinski definition) is 4. The van der Waals surface area contributed by atoms with Gasteiger partial charge in [-0.15, -0.1) is 0 Å². The van der Waals surface area contributed by atoms with Crippen LogP contribution in [0.3, 0.4) is 0 Å². The van der Waals surface area contributed by atoms with E-state index in [2.05, 4.69) is 55.9 Å². The van der Waals surface area contributed by atoms with Crippen molar-refractivity contribution in [1.29, 1.82) is 0 Å². The number of phenols is 1. The van der Waals surface area contributed by atoms with Crippen molar-refractivity contribution in [3.05, 3.63) is 77.9 Å². The molecule has 7 heteroatoms. The van der Waals surface area contributed by atoms with Crippen LogP contribution in [0.15, 0.2) is 65.9 Å². The molecule has 0 amide bonds. The molecule has 0 aliphatic carbocycles. The average molecular weight is 433 g/mol. The Bertz CT molecular complexity index is 1050. The summed E-state index contributed by atoms with van der Waals surface area (Å²) in [5.74, 6) is 2.30. The van der Waals surface area contributed by atoms with Crippen LogP contribution in [-0.4, -0.2) is 58.2 Å². The summed E-state index contributed by atoms with van der Waals surface area (Å²) < 4.78 is 2.15. The Hall–Kier alpha value is -3.48. The Morgan fingerprint density at radius 2 is 1.84 bits per heavy atom. The molecule has 1 aliphatic rings. The number of aryl methyl sites for hydroxylation is 1. The number of benzene rings is 2. The summed E-state index contributed by atoms with van der Waals surface area (Å²) in [5.41, 5.74) is 3.35. The van der Waals surface area contributed by atoms with Crippen molar-refractivity contribution < 1.29 is 5.11 Å². The normalized spacial score (nSPS) is 14.6. The van der Waals surface area contributed by atoms with Gasteiger partial charge in [-0.2, -0.15) is 0 Å². The predicted octanol–water partition coefficient (Wildman–Crippen LogP) is 3.23. The van der Waals surface area contributed by atoms with E-state index in [4.69, 9.17) is 4.99 Å². The fraction of sp³-hybridized carbons (Fsp3) is 0.360. The number of guanidine groups is 1. The first-order chi connectivity index (χ1) is 15.6. The molecule has 7 nitrogen and oxygen atoms in total. The minimum Gasteiger partial charge on any atom is -0.506 e. The van der Waals surface area contributed by atoms with Crippen LogP contribution in [0.4, 0.5) is 5.69 Å². The Morgan fingerprint density at radius 3 is 2.56 bits per heavy atom. The van der Waals surface area contributed by atoms with Crippen molar-refractivity contribution in [2.24, 2.45) is 4.99 Å². The molecule has 168 valence electrons. The standard InChI is InChI=1S/C25H32N6O/c1-3-26-25(30-15-13-29(14-16-30)23-9-4-5-10-24(23)32)28-18-21-7-6-8-22(17-21)19-31-12-11-27-20(31)2/h4-12,17,32H,3,13-16,18-19H2,1-2H3,(H,26,28). The van der Waals surface area contributed by atoms with Gasteiger partial charge >= 0.3 is 0 Å². The summed E-state index contributed by atoms with van der Waals surface area (Å²) in [7, 11) is 0. The van der Waals surface area contributed by atoms with E-state index >= 15 is 0 Å². The highest BCUT2D eigenvalue weighted by Gasteiger charge is 2.21. The summed E-state index contributed by atoms with van der Waals surface area (Å²) >= 11 is 0. The van der Waals surface area contributed by atoms with Gasteiger partial charge in [0.05, 0.1) is 12.2 Å². The van der Waals surface area contributed by atoms with Crippen LogP contribution in [0.25, 0.3) is 0 Å². The van der Waals surface area contributed by atoms with Crippen LogP contribution in [0, 0.1) is 6.92 Å². The van der Waals surface area contributed by atoms with E-state index in [1.165, 1.54) is 11.1 Å². The van der Waals surface area contributed by atoms with E-state index in [0.29, 0.717) is 12.3 Å². The van der Waals surface area contributed by atoms with E-state index in [-0.39, 0.29) is 0 Å². The second-order valence-electron chi connectivity index (χ2n) is 8.06. The lowest BCUT2D eigenvalue weighted by Crippen LogP contribution is -2.52. The van der Waals surface area contributed by atoms with Gasteiger partial charge in [-0.3, -0.25) is 0 Å². The maximum atomic E-state index is 10.2. The molecule has 2 N–H and O–H groups in total. The van der Waals surface area contributed by atoms with Gasteiger partial charge in [0.2, 0.25) is 0 Å². The van der Waals surface area contributed by atoms with Crippen molar-refractivity contribution in [3.8, 4) is 5.75 Å². The van der Waals surface area contributed by atoms with Gasteiger partial charge in [-0.05, 0) is 37.1 Å². The molecule has 0 spiro atoms. The number of hydrogen-bond donors (Lipinski definition) is 2. The molecule has 1 fully saturated rings. The van der Waals surface area contributed by atoms with Crippen LogP contribution >= 0.6 is 0 Å². The topological polar surface area (TPSA) is 68.9 Å². The zero-order valence-corrected chi connectivity index (χ0v) is 18.9. The lowest BCUT2D eigenvalue weighted by atomic mass is 10.1. The molecule has 32 heavy (non-hydrogen) atoms. The molecular weight excluding hydrogens is 400 g/mol. The fourth-order valence-corrected chi connectivity index (χ4v) is 4.08. The number of nitrogens with one attached hydrogen (secondary N) is 1. The first-order valence-electron chi connectivity index (χ1n) is 11.3. The zero-order valence-electron chi connectivity index (χ0n) is 18.9. The van der Waals surface area contributed by atoms with E-state index in [0.717, 1.165) is 56.7 Å². The third-order valence-electron chi connectivity index (χ3n) is 5.82. The number of anilines is 1. The summed E-state index contributed by atoms with van der Waals surface area (Å²) in [6.07, 6.45) is 3.85. The van der Waals surface area contributed by atoms with Crippen molar-refractivity contribution in [2.45, 2.75) is 26.9 Å². The number of aromatic nitrogens is 2. The molecule has 4 rings (SSSR count). The lowest BCUT2D eigenvalue weighted by molar-refractivity contribution is 0.369. The van der Waals surface area contributed by atoms with Gasteiger partial charge < -0.3 is 24.8 Å². The smallest absolute Gasteiger partial charge is 0.194 e. The first kappa shape index (κ1) is 21.7. The SMILES string of the molecule is CCNC(=NCc1cccc(Cn2ccnc2C)c1)N1CCN(c2ccccc2O)CC1. The van der Waals surface area contributed by atoms with E-state index in [9.17, 15) is 5.11 Å². The van der Waals surface area contributed by atoms with Gasteiger partial charge in [0.15, 0.2) is 5.96 Å². The lowest BCUT2D eigenvalue weighted by Gasteiger charge is -2.37. The maximum Gasteiger partial charge on any atom is 0.194 e. The van der Waals surface area contributed by atoms with Gasteiger partial charge in [0.1, 0.15) is 11.6 Å². The average Bonchev–Trinajstić information content (AvgIpc) is 3.21. The van der Waals surface area contributed by atoms with Crippen molar-refractivity contribution >= 4 is 11.6 Å². The number of nitrogens with zero attached hydrogens (tertiary/aromatic N) is 5. The van der Waals surface area contributed by atoms with Gasteiger partial charge in [-0.1, -0.05) is 36.4 Å². The molecule has 0 atom stereocenters. The second-order valence-corrected chi connectivity index (χ2v) is 8.06. The van der Waals surface area contributed by atoms with E-state index in [1.54, 1.807) is 6.07 Å². The quantitative estimate of drug-likeness (QED) is 0.462. The summed E-state index contributed by atoms with van der Waals surface area (Å²) in [5, 5.41) is 13.6. The Kier molecular flexibility index (Phi) is 6.94. The number of rotatable bonds is 6. The summed E-state index contributed by atoms with van der Waals surface area (Å²) in [6.45, 7) is 9.83. The first-order valence-corrected chi connectivity index (χ1v) is 11.3. The van der Waals surface area contributed by atoms with Gasteiger partial charge in [0.25, 0.3) is 0 Å². The molecule has 0 radical (unpaired) electrons. The minimum atomic E-state index is 0.340. The number of imidazole rings is 1. The molecule has 2 aromatic carbocycles. The molecule has 1 saturated heterocycles. The van der Waals surface area contributed by atoms with Crippen LogP contribution in [-0.2, 0) is 13.1 Å². The molecule has 1 aromatic heterocycles. The molecule has 3 aromatic rings. The summed E-state index contributed by atoms with van der Waals surface area (Å²) in [6, 6.07) is 16.2. The highest BCUT2D eigenvalue weighted by Crippen LogP contribution is 2.27. The van der Waals surface area contributed by atoms with Crippen molar-refractivity contribution in [2.75, 3.05) is 37.6 Å². The number of aromatic hydroxyl groups is 1. The molecule has 1 aliphatic heterocycles. The monoisotopic (exact) mass is 432 g/mol. The third kappa shape index (κ3) is 5.22. The highest BCUT2D eigenvalue weighted by atomic mass is 16.3. The molecule has 0 saturated carbocycles. The Balaban J connectivity index is 1.40. The molecular formula is C25H32N6O. The van der Waals surface area contributed by atoms with Crippen LogP contribution in [0.5, 0.6) is 5.75 Å². The van der Waals surface area contributed by atoms with Gasteiger partial charge in [-0.25, -0.2) is 9.98 Å². The van der Waals surface area contributed by atoms with Crippen molar-refractivity contribution in [3.63, 3.8) is 0 Å². The number of para-hydroxylation sites is 2. The fourth-order valence-electron chi connectivity index (χ4n) is 4.08. The number of aliphatic imine (C=N–C) groups is 1. The number of phenolic OH excluding ortho intramolecular Hbond substituents is 1. The molecule has 2 heterocycles. The predicted molar refractivity (Wildman–Crippen MR) is 129 cm³/mol. The minimum absolute atomic E-state index is 0.340. The maximum absolute atomic E-state index is 10.2. The van der Waals surface area contributed by atoms with Crippen molar-refractivity contribution in [1.82, 2.24) is 19.8 Å². The molecule has 0 bridgehead atoms. The molecule has 0 unspecified atom stereocenters. The second kappa shape index (κ2) is 10.2. The zero-order chi connectivity index (χ0) is 22.3. The van der Waals surface area contributed by atoms with E-state index < -0.39 is 0 Å². The Labute approximate surface area is 190 Å². The largest absolute Gasteiger partial charge is 0.506 e. The third-order valence-corrected chi connectivity index (χ3v) is 5.82. The Morgan fingerprint density at radius 1 is 1.06 bits per heavy atom. The number of piperazine rings is 1. The van der Waals surface area contributed by atoms with Gasteiger partial charge in [0, 0.05) is 51.7 Å². The summed E-state index contributed by atoms with van der Waals surface area (Å²) in [4.78, 5) is 13.8.